The van der Waals surface area contributed by atoms with Crippen LogP contribution < -0.4 is 11.1 Å². The Morgan fingerprint density at radius 1 is 1.25 bits per heavy atom. The monoisotopic (exact) mass is 218 g/mol. The van der Waals surface area contributed by atoms with Crippen LogP contribution in [0.15, 0.2) is 12.1 Å². The van der Waals surface area contributed by atoms with Gasteiger partial charge in [0.05, 0.1) is 0 Å². The first-order valence-electron chi connectivity index (χ1n) is 6.17. The lowest BCUT2D eigenvalue weighted by molar-refractivity contribution is 0.499. The first-order valence-corrected chi connectivity index (χ1v) is 6.17. The average Bonchev–Trinajstić information content (AvgIpc) is 2.79. The molecule has 0 aliphatic carbocycles. The Labute approximate surface area is 98.2 Å². The van der Waals surface area contributed by atoms with Gasteiger partial charge in [-0.05, 0) is 62.4 Å². The predicted octanol–water partition coefficient (Wildman–Crippen LogP) is 2.36. The smallest absolute Gasteiger partial charge is 0.0453 e. The Morgan fingerprint density at radius 2 is 2.00 bits per heavy atom. The summed E-state index contributed by atoms with van der Waals surface area (Å²) in [4.78, 5) is 0. The zero-order chi connectivity index (χ0) is 11.7. The van der Waals surface area contributed by atoms with Crippen molar-refractivity contribution < 1.29 is 0 Å². The predicted molar refractivity (Wildman–Crippen MR) is 68.6 cm³/mol. The van der Waals surface area contributed by atoms with Crippen molar-refractivity contribution in [3.63, 3.8) is 0 Å². The van der Waals surface area contributed by atoms with Gasteiger partial charge in [0.2, 0.25) is 0 Å². The Morgan fingerprint density at radius 3 is 2.62 bits per heavy atom. The summed E-state index contributed by atoms with van der Waals surface area (Å²) in [5, 5.41) is 3.49. The van der Waals surface area contributed by atoms with E-state index in [1.54, 1.807) is 0 Å². The van der Waals surface area contributed by atoms with E-state index in [2.05, 4.69) is 38.2 Å². The summed E-state index contributed by atoms with van der Waals surface area (Å²) in [6, 6.07) is 4.98. The second-order valence-electron chi connectivity index (χ2n) is 4.95. The van der Waals surface area contributed by atoms with Gasteiger partial charge in [-0.2, -0.15) is 0 Å². The molecule has 1 aromatic rings. The lowest BCUT2D eigenvalue weighted by Gasteiger charge is -2.23. The Kier molecular flexibility index (Phi) is 3.31. The Balaban J connectivity index is 2.29. The van der Waals surface area contributed by atoms with Crippen LogP contribution in [0.3, 0.4) is 0 Å². The van der Waals surface area contributed by atoms with Gasteiger partial charge in [0.15, 0.2) is 0 Å². The normalized spacial score (nSPS) is 22.4. The number of aryl methyl sites for hydroxylation is 1. The van der Waals surface area contributed by atoms with E-state index in [-0.39, 0.29) is 6.04 Å². The standard InChI is InChI=1S/C14H22N2/c1-9-6-7-12(11(3)10(9)2)14(15)13-5-4-8-16-13/h6-7,13-14,16H,4-5,8,15H2,1-3H3. The van der Waals surface area contributed by atoms with Crippen molar-refractivity contribution in [2.24, 2.45) is 5.73 Å². The highest BCUT2D eigenvalue weighted by Crippen LogP contribution is 2.26. The minimum Gasteiger partial charge on any atom is -0.323 e. The van der Waals surface area contributed by atoms with Gasteiger partial charge in [-0.1, -0.05) is 12.1 Å². The molecule has 0 saturated carbocycles. The number of rotatable bonds is 2. The number of nitrogens with one attached hydrogen (secondary N) is 1. The molecule has 1 aliphatic rings. The summed E-state index contributed by atoms with van der Waals surface area (Å²) in [5.41, 5.74) is 11.8. The molecule has 2 heteroatoms. The summed E-state index contributed by atoms with van der Waals surface area (Å²) < 4.78 is 0. The number of benzene rings is 1. The third-order valence-electron chi connectivity index (χ3n) is 3.99. The van der Waals surface area contributed by atoms with Crippen molar-refractivity contribution in [2.45, 2.75) is 45.7 Å². The van der Waals surface area contributed by atoms with Gasteiger partial charge < -0.3 is 11.1 Å². The molecule has 2 atom stereocenters. The molecule has 88 valence electrons. The van der Waals surface area contributed by atoms with E-state index in [4.69, 9.17) is 5.73 Å². The first kappa shape index (κ1) is 11.6. The molecule has 0 aromatic heterocycles. The lowest BCUT2D eigenvalue weighted by atomic mass is 9.91. The van der Waals surface area contributed by atoms with Crippen LogP contribution in [0, 0.1) is 20.8 Å². The molecule has 3 N–H and O–H groups in total. The van der Waals surface area contributed by atoms with Crippen molar-refractivity contribution in [3.05, 3.63) is 34.4 Å². The summed E-state index contributed by atoms with van der Waals surface area (Å²) in [7, 11) is 0. The number of hydrogen-bond acceptors (Lipinski definition) is 2. The van der Waals surface area contributed by atoms with Gasteiger partial charge in [-0.15, -0.1) is 0 Å². The van der Waals surface area contributed by atoms with Gasteiger partial charge in [0, 0.05) is 12.1 Å². The molecule has 1 fully saturated rings. The van der Waals surface area contributed by atoms with Gasteiger partial charge in [-0.25, -0.2) is 0 Å². The van der Waals surface area contributed by atoms with Crippen molar-refractivity contribution in [1.29, 1.82) is 0 Å². The third-order valence-corrected chi connectivity index (χ3v) is 3.99. The average molecular weight is 218 g/mol. The van der Waals surface area contributed by atoms with E-state index in [1.165, 1.54) is 35.1 Å². The van der Waals surface area contributed by atoms with Crippen molar-refractivity contribution >= 4 is 0 Å². The maximum Gasteiger partial charge on any atom is 0.0453 e. The molecule has 16 heavy (non-hydrogen) atoms. The topological polar surface area (TPSA) is 38.0 Å². The minimum atomic E-state index is 0.141. The fourth-order valence-electron chi connectivity index (χ4n) is 2.57. The van der Waals surface area contributed by atoms with Crippen molar-refractivity contribution in [1.82, 2.24) is 5.32 Å². The quantitative estimate of drug-likeness (QED) is 0.799. The highest BCUT2D eigenvalue weighted by Gasteiger charge is 2.24. The molecule has 2 nitrogen and oxygen atoms in total. The van der Waals surface area contributed by atoms with Crippen LogP contribution in [-0.4, -0.2) is 12.6 Å². The van der Waals surface area contributed by atoms with Crippen LogP contribution in [0.2, 0.25) is 0 Å². The van der Waals surface area contributed by atoms with E-state index in [0.717, 1.165) is 6.54 Å². The van der Waals surface area contributed by atoms with Crippen LogP contribution in [0.1, 0.15) is 41.1 Å². The molecule has 0 bridgehead atoms. The van der Waals surface area contributed by atoms with Gasteiger partial charge in [0.25, 0.3) is 0 Å². The maximum absolute atomic E-state index is 6.36. The third kappa shape index (κ3) is 2.00. The molecule has 0 amide bonds. The minimum absolute atomic E-state index is 0.141. The van der Waals surface area contributed by atoms with Crippen LogP contribution in [0.4, 0.5) is 0 Å². The van der Waals surface area contributed by atoms with Gasteiger partial charge in [-0.3, -0.25) is 0 Å². The molecule has 1 aromatic carbocycles. The second-order valence-corrected chi connectivity index (χ2v) is 4.95. The molecular formula is C14H22N2. The summed E-state index contributed by atoms with van der Waals surface area (Å²) in [6.45, 7) is 7.64. The summed E-state index contributed by atoms with van der Waals surface area (Å²) in [6.07, 6.45) is 2.45. The Bertz CT molecular complexity index is 379. The lowest BCUT2D eigenvalue weighted by Crippen LogP contribution is -2.34. The van der Waals surface area contributed by atoms with Crippen LogP contribution in [0.5, 0.6) is 0 Å². The highest BCUT2D eigenvalue weighted by atomic mass is 15.0. The molecule has 0 radical (unpaired) electrons. The zero-order valence-electron chi connectivity index (χ0n) is 10.5. The molecule has 0 spiro atoms. The molecule has 1 aliphatic heterocycles. The van der Waals surface area contributed by atoms with Gasteiger partial charge >= 0.3 is 0 Å². The second kappa shape index (κ2) is 4.56. The Hall–Kier alpha value is -0.860. The van der Waals surface area contributed by atoms with Crippen LogP contribution in [0.25, 0.3) is 0 Å². The number of hydrogen-bond donors (Lipinski definition) is 2. The van der Waals surface area contributed by atoms with Crippen molar-refractivity contribution in [3.8, 4) is 0 Å². The molecule has 1 saturated heterocycles. The molecule has 2 rings (SSSR count). The van der Waals surface area contributed by atoms with Crippen LogP contribution in [-0.2, 0) is 0 Å². The largest absolute Gasteiger partial charge is 0.323 e. The summed E-state index contributed by atoms with van der Waals surface area (Å²) in [5.74, 6) is 0. The summed E-state index contributed by atoms with van der Waals surface area (Å²) >= 11 is 0. The highest BCUT2D eigenvalue weighted by molar-refractivity contribution is 5.40. The molecule has 1 heterocycles. The fourth-order valence-corrected chi connectivity index (χ4v) is 2.57. The molecule has 2 unspecified atom stereocenters. The van der Waals surface area contributed by atoms with E-state index >= 15 is 0 Å². The van der Waals surface area contributed by atoms with Crippen LogP contribution >= 0.6 is 0 Å². The number of nitrogens with two attached hydrogens (primary N) is 1. The maximum atomic E-state index is 6.36. The van der Waals surface area contributed by atoms with E-state index in [1.807, 2.05) is 0 Å². The first-order chi connectivity index (χ1) is 7.61. The SMILES string of the molecule is Cc1ccc(C(N)C2CCCN2)c(C)c1C. The zero-order valence-corrected chi connectivity index (χ0v) is 10.5. The molecular weight excluding hydrogens is 196 g/mol. The fraction of sp³-hybridized carbons (Fsp3) is 0.571. The van der Waals surface area contributed by atoms with Gasteiger partial charge in [0.1, 0.15) is 0 Å². The van der Waals surface area contributed by atoms with E-state index in [9.17, 15) is 0 Å². The van der Waals surface area contributed by atoms with E-state index in [0.29, 0.717) is 6.04 Å². The van der Waals surface area contributed by atoms with E-state index < -0.39 is 0 Å². The van der Waals surface area contributed by atoms with Crippen molar-refractivity contribution in [2.75, 3.05) is 6.54 Å².